The molecule has 2 aromatic rings. The van der Waals surface area contributed by atoms with Crippen LogP contribution in [0.3, 0.4) is 0 Å². The Labute approximate surface area is 187 Å². The van der Waals surface area contributed by atoms with Crippen molar-refractivity contribution >= 4 is 35.0 Å². The molecule has 0 saturated carbocycles. The summed E-state index contributed by atoms with van der Waals surface area (Å²) in [5.41, 5.74) is 1.24. The third-order valence-electron chi connectivity index (χ3n) is 5.59. The molecule has 2 saturated heterocycles. The number of rotatable bonds is 6. The van der Waals surface area contributed by atoms with Crippen LogP contribution in [-0.4, -0.2) is 75.8 Å². The number of amides is 2. The summed E-state index contributed by atoms with van der Waals surface area (Å²) in [5, 5.41) is 2.93. The van der Waals surface area contributed by atoms with Gasteiger partial charge in [0.15, 0.2) is 5.82 Å². The van der Waals surface area contributed by atoms with E-state index in [4.69, 9.17) is 9.47 Å². The Morgan fingerprint density at radius 2 is 2.06 bits per heavy atom. The van der Waals surface area contributed by atoms with Crippen LogP contribution in [0.1, 0.15) is 6.42 Å². The average molecular weight is 441 g/mol. The van der Waals surface area contributed by atoms with E-state index < -0.39 is 5.92 Å². The van der Waals surface area contributed by atoms with Gasteiger partial charge in [0.05, 0.1) is 32.4 Å². The molecule has 0 spiro atoms. The molecule has 4 rings (SSSR count). The third-order valence-corrected chi connectivity index (χ3v) is 5.59. The molecule has 2 amide bonds. The number of anilines is 4. The lowest BCUT2D eigenvalue weighted by molar-refractivity contribution is -0.122. The Morgan fingerprint density at radius 1 is 1.28 bits per heavy atom. The van der Waals surface area contributed by atoms with E-state index in [2.05, 4.69) is 20.2 Å². The maximum absolute atomic E-state index is 13.0. The van der Waals surface area contributed by atoms with E-state index in [-0.39, 0.29) is 18.2 Å². The molecule has 2 aliphatic rings. The van der Waals surface area contributed by atoms with Crippen LogP contribution in [0.5, 0.6) is 5.75 Å². The predicted octanol–water partition coefficient (Wildman–Crippen LogP) is 1.38. The van der Waals surface area contributed by atoms with Crippen molar-refractivity contribution in [2.75, 3.05) is 74.1 Å². The lowest BCUT2D eigenvalue weighted by Gasteiger charge is -2.28. The number of nitrogens with zero attached hydrogens (tertiary/aromatic N) is 5. The second-order valence-electron chi connectivity index (χ2n) is 8.00. The van der Waals surface area contributed by atoms with Gasteiger partial charge in [0.25, 0.3) is 0 Å². The van der Waals surface area contributed by atoms with Gasteiger partial charge in [-0.3, -0.25) is 9.59 Å². The highest BCUT2D eigenvalue weighted by Gasteiger charge is 2.35. The van der Waals surface area contributed by atoms with Crippen molar-refractivity contribution in [3.63, 3.8) is 0 Å². The molecule has 2 fully saturated rings. The first kappa shape index (κ1) is 21.8. The number of ether oxygens (including phenoxy) is 2. The van der Waals surface area contributed by atoms with Crippen LogP contribution in [0, 0.1) is 5.92 Å². The standard InChI is InChI=1S/C22H28N6O4/c1-26(2)20-18(13-23-22(25-20)27-7-9-32-10-8-27)24-21(30)15-11-19(29)28(14-15)16-5-4-6-17(12-16)31-3/h4-6,12-13,15H,7-11,14H2,1-3H3,(H,24,30). The maximum Gasteiger partial charge on any atom is 0.229 e. The van der Waals surface area contributed by atoms with E-state index in [1.54, 1.807) is 24.3 Å². The summed E-state index contributed by atoms with van der Waals surface area (Å²) < 4.78 is 10.6. The minimum atomic E-state index is -0.470. The molecule has 1 atom stereocenters. The first-order valence-corrected chi connectivity index (χ1v) is 10.6. The fourth-order valence-electron chi connectivity index (χ4n) is 3.85. The van der Waals surface area contributed by atoms with E-state index in [0.717, 1.165) is 18.8 Å². The monoisotopic (exact) mass is 440 g/mol. The third kappa shape index (κ3) is 4.59. The van der Waals surface area contributed by atoms with Crippen molar-refractivity contribution in [3.8, 4) is 5.75 Å². The number of nitrogens with one attached hydrogen (secondary N) is 1. The van der Waals surface area contributed by atoms with Gasteiger partial charge in [-0.1, -0.05) is 6.07 Å². The van der Waals surface area contributed by atoms with E-state index in [9.17, 15) is 9.59 Å². The highest BCUT2D eigenvalue weighted by atomic mass is 16.5. The summed E-state index contributed by atoms with van der Waals surface area (Å²) in [6.07, 6.45) is 1.77. The SMILES string of the molecule is COc1cccc(N2CC(C(=O)Nc3cnc(N4CCOCC4)nc3N(C)C)CC2=O)c1. The smallest absolute Gasteiger partial charge is 0.229 e. The van der Waals surface area contributed by atoms with Crippen LogP contribution < -0.4 is 24.8 Å². The fraction of sp³-hybridized carbons (Fsp3) is 0.455. The number of methoxy groups -OCH3 is 1. The molecule has 2 aliphatic heterocycles. The number of carbonyl (C=O) groups excluding carboxylic acids is 2. The minimum Gasteiger partial charge on any atom is -0.497 e. The predicted molar refractivity (Wildman–Crippen MR) is 121 cm³/mol. The molecular formula is C22H28N6O4. The number of hydrogen-bond acceptors (Lipinski definition) is 8. The second-order valence-corrected chi connectivity index (χ2v) is 8.00. The summed E-state index contributed by atoms with van der Waals surface area (Å²) in [4.78, 5) is 40.2. The van der Waals surface area contributed by atoms with Gasteiger partial charge < -0.3 is 29.5 Å². The quantitative estimate of drug-likeness (QED) is 0.719. The lowest BCUT2D eigenvalue weighted by Crippen LogP contribution is -2.37. The summed E-state index contributed by atoms with van der Waals surface area (Å²) in [6, 6.07) is 7.27. The van der Waals surface area contributed by atoms with Crippen LogP contribution in [0.4, 0.5) is 23.1 Å². The Kier molecular flexibility index (Phi) is 6.40. The summed E-state index contributed by atoms with van der Waals surface area (Å²) >= 11 is 0. The molecule has 1 aromatic heterocycles. The Bertz CT molecular complexity index is 992. The number of aromatic nitrogens is 2. The summed E-state index contributed by atoms with van der Waals surface area (Å²) in [7, 11) is 5.31. The topological polar surface area (TPSA) is 100 Å². The second kappa shape index (κ2) is 9.39. The largest absolute Gasteiger partial charge is 0.497 e. The number of benzene rings is 1. The van der Waals surface area contributed by atoms with Crippen molar-refractivity contribution in [2.24, 2.45) is 5.92 Å². The molecule has 0 bridgehead atoms. The zero-order valence-corrected chi connectivity index (χ0v) is 18.6. The Morgan fingerprint density at radius 3 is 2.78 bits per heavy atom. The molecule has 1 aromatic carbocycles. The van der Waals surface area contributed by atoms with Crippen LogP contribution in [0.15, 0.2) is 30.5 Å². The van der Waals surface area contributed by atoms with Crippen LogP contribution in [0.25, 0.3) is 0 Å². The first-order chi connectivity index (χ1) is 15.5. The zero-order chi connectivity index (χ0) is 22.7. The van der Waals surface area contributed by atoms with E-state index in [1.807, 2.05) is 37.2 Å². The molecule has 0 radical (unpaired) electrons. The summed E-state index contributed by atoms with van der Waals surface area (Å²) in [5.74, 6) is 1.10. The number of hydrogen-bond donors (Lipinski definition) is 1. The van der Waals surface area contributed by atoms with Gasteiger partial charge in [-0.15, -0.1) is 0 Å². The van der Waals surface area contributed by atoms with Crippen molar-refractivity contribution in [2.45, 2.75) is 6.42 Å². The van der Waals surface area contributed by atoms with E-state index >= 15 is 0 Å². The molecule has 1 unspecified atom stereocenters. The summed E-state index contributed by atoms with van der Waals surface area (Å²) in [6.45, 7) is 3.03. The van der Waals surface area contributed by atoms with Crippen molar-refractivity contribution in [1.29, 1.82) is 0 Å². The van der Waals surface area contributed by atoms with Gasteiger partial charge in [0.2, 0.25) is 17.8 Å². The molecule has 0 aliphatic carbocycles. The normalized spacial score (nSPS) is 18.6. The molecule has 3 heterocycles. The molecule has 10 nitrogen and oxygen atoms in total. The molecule has 10 heteroatoms. The maximum atomic E-state index is 13.0. The lowest BCUT2D eigenvalue weighted by atomic mass is 10.1. The minimum absolute atomic E-state index is 0.0925. The van der Waals surface area contributed by atoms with E-state index in [0.29, 0.717) is 43.0 Å². The van der Waals surface area contributed by atoms with E-state index in [1.165, 1.54) is 0 Å². The zero-order valence-electron chi connectivity index (χ0n) is 18.6. The Balaban J connectivity index is 1.48. The number of carbonyl (C=O) groups is 2. The van der Waals surface area contributed by atoms with Crippen LogP contribution in [0.2, 0.25) is 0 Å². The van der Waals surface area contributed by atoms with Crippen LogP contribution >= 0.6 is 0 Å². The van der Waals surface area contributed by atoms with Gasteiger partial charge in [-0.05, 0) is 12.1 Å². The highest BCUT2D eigenvalue weighted by Crippen LogP contribution is 2.30. The van der Waals surface area contributed by atoms with Gasteiger partial charge in [0, 0.05) is 51.9 Å². The number of morpholine rings is 1. The van der Waals surface area contributed by atoms with Crippen LogP contribution in [-0.2, 0) is 14.3 Å². The molecule has 170 valence electrons. The van der Waals surface area contributed by atoms with Gasteiger partial charge >= 0.3 is 0 Å². The van der Waals surface area contributed by atoms with Gasteiger partial charge in [0.1, 0.15) is 11.4 Å². The molecule has 32 heavy (non-hydrogen) atoms. The fourth-order valence-corrected chi connectivity index (χ4v) is 3.85. The highest BCUT2D eigenvalue weighted by molar-refractivity contribution is 6.04. The van der Waals surface area contributed by atoms with Crippen molar-refractivity contribution in [1.82, 2.24) is 9.97 Å². The Hall–Kier alpha value is -3.40. The van der Waals surface area contributed by atoms with Gasteiger partial charge in [-0.2, -0.15) is 4.98 Å². The van der Waals surface area contributed by atoms with Crippen molar-refractivity contribution in [3.05, 3.63) is 30.5 Å². The molecular weight excluding hydrogens is 412 g/mol. The van der Waals surface area contributed by atoms with Crippen molar-refractivity contribution < 1.29 is 19.1 Å². The molecule has 1 N–H and O–H groups in total. The van der Waals surface area contributed by atoms with Gasteiger partial charge in [-0.25, -0.2) is 4.98 Å². The first-order valence-electron chi connectivity index (χ1n) is 10.6. The average Bonchev–Trinajstić information content (AvgIpc) is 3.21.